The van der Waals surface area contributed by atoms with Crippen LogP contribution in [0.2, 0.25) is 0 Å². The molecule has 0 spiro atoms. The number of nitrogens with two attached hydrogens (primary N) is 1. The van der Waals surface area contributed by atoms with Crippen molar-refractivity contribution < 1.29 is 0 Å². The van der Waals surface area contributed by atoms with Crippen molar-refractivity contribution in [2.24, 2.45) is 0 Å². The van der Waals surface area contributed by atoms with Gasteiger partial charge in [0.2, 0.25) is 0 Å². The van der Waals surface area contributed by atoms with E-state index in [1.54, 1.807) is 0 Å². The van der Waals surface area contributed by atoms with E-state index in [4.69, 9.17) is 18.4 Å². The van der Waals surface area contributed by atoms with Crippen LogP contribution in [-0.2, 0) is 0 Å². The van der Waals surface area contributed by atoms with Gasteiger partial charge in [-0.1, -0.05) is 133 Å². The molecule has 0 aliphatic rings. The molecule has 0 heterocycles. The van der Waals surface area contributed by atoms with Crippen molar-refractivity contribution in [2.75, 3.05) is 11.1 Å². The van der Waals surface area contributed by atoms with Gasteiger partial charge in [0.15, 0.2) is 0 Å². The van der Waals surface area contributed by atoms with Crippen LogP contribution in [0.25, 0.3) is 66.8 Å². The number of hydrogen-bond donors (Lipinski definition) is 3. The number of nitrogens with one attached hydrogen (secondary N) is 1. The van der Waals surface area contributed by atoms with Gasteiger partial charge in [0, 0.05) is 33.1 Å². The van der Waals surface area contributed by atoms with Crippen molar-refractivity contribution in [3.8, 4) is 66.8 Å². The predicted octanol–water partition coefficient (Wildman–Crippen LogP) is 13.3. The fourth-order valence-electron chi connectivity index (χ4n) is 6.70. The van der Waals surface area contributed by atoms with Crippen molar-refractivity contribution in [3.05, 3.63) is 194 Å². The van der Waals surface area contributed by atoms with E-state index in [1.807, 2.05) is 36.4 Å². The van der Waals surface area contributed by atoms with Crippen LogP contribution < -0.4 is 11.1 Å². The molecule has 2 nitrogen and oxygen atoms in total. The van der Waals surface area contributed by atoms with Gasteiger partial charge in [0.05, 0.1) is 0 Å². The smallest absolute Gasteiger partial charge is 0.0464 e. The summed E-state index contributed by atoms with van der Waals surface area (Å²) in [6.07, 6.45) is 0. The van der Waals surface area contributed by atoms with Gasteiger partial charge in [0.1, 0.15) is 0 Å². The van der Waals surface area contributed by atoms with Crippen molar-refractivity contribution in [1.82, 2.24) is 0 Å². The highest BCUT2D eigenvalue weighted by molar-refractivity contribution is 7.80. The second kappa shape index (κ2) is 14.3. The largest absolute Gasteiger partial charge is 0.398 e. The molecule has 0 radical (unpaired) electrons. The minimum atomic E-state index is 0.778. The molecular formula is C48H36N2S. The maximum Gasteiger partial charge on any atom is 0.0464 e. The summed E-state index contributed by atoms with van der Waals surface area (Å²) in [6, 6.07) is 68.2. The standard InChI is InChI=1S/C48H36N2S/c49-46-24-6-4-22-43(46)39-17-9-14-35(29-39)33-12-8-13-34(28-33)38-26-27-47(50-42-20-2-1-3-21-42)45(32-38)41-19-11-16-37(31-41)36-15-10-18-40(30-36)44-23-5-7-25-48(44)51/h1-32,50-51H,49H2. The Balaban J connectivity index is 1.19. The Bertz CT molecular complexity index is 2480. The van der Waals surface area contributed by atoms with Gasteiger partial charge in [-0.15, -0.1) is 12.6 Å². The van der Waals surface area contributed by atoms with E-state index in [-0.39, 0.29) is 0 Å². The lowest BCUT2D eigenvalue weighted by Crippen LogP contribution is -1.94. The number of benzene rings is 8. The number of hydrogen-bond acceptors (Lipinski definition) is 3. The summed E-state index contributed by atoms with van der Waals surface area (Å²) in [5.74, 6) is 0. The minimum absolute atomic E-state index is 0.778. The highest BCUT2D eigenvalue weighted by Crippen LogP contribution is 2.38. The predicted molar refractivity (Wildman–Crippen MR) is 220 cm³/mol. The summed E-state index contributed by atoms with van der Waals surface area (Å²) in [5.41, 5.74) is 22.8. The van der Waals surface area contributed by atoms with Crippen molar-refractivity contribution in [2.45, 2.75) is 4.90 Å². The van der Waals surface area contributed by atoms with Crippen molar-refractivity contribution in [1.29, 1.82) is 0 Å². The van der Waals surface area contributed by atoms with Gasteiger partial charge in [-0.25, -0.2) is 0 Å². The molecule has 8 aromatic rings. The molecule has 8 aromatic carbocycles. The van der Waals surface area contributed by atoms with Crippen molar-refractivity contribution in [3.63, 3.8) is 0 Å². The lowest BCUT2D eigenvalue weighted by Gasteiger charge is -2.16. The highest BCUT2D eigenvalue weighted by atomic mass is 32.1. The molecule has 0 saturated heterocycles. The molecule has 0 aliphatic heterocycles. The molecule has 244 valence electrons. The molecule has 0 unspecified atom stereocenters. The highest BCUT2D eigenvalue weighted by Gasteiger charge is 2.12. The van der Waals surface area contributed by atoms with Gasteiger partial charge in [-0.3, -0.25) is 0 Å². The lowest BCUT2D eigenvalue weighted by atomic mass is 9.92. The Hall–Kier alpha value is -6.29. The van der Waals surface area contributed by atoms with Crippen LogP contribution in [0.4, 0.5) is 17.1 Å². The molecule has 0 bridgehead atoms. The first kappa shape index (κ1) is 31.9. The van der Waals surface area contributed by atoms with Crippen LogP contribution in [0.1, 0.15) is 0 Å². The molecule has 0 saturated carbocycles. The van der Waals surface area contributed by atoms with E-state index in [2.05, 4.69) is 163 Å². The lowest BCUT2D eigenvalue weighted by molar-refractivity contribution is 1.45. The summed E-state index contributed by atoms with van der Waals surface area (Å²) in [4.78, 5) is 0.967. The van der Waals surface area contributed by atoms with E-state index in [1.165, 1.54) is 0 Å². The molecule has 51 heavy (non-hydrogen) atoms. The molecule has 0 amide bonds. The van der Waals surface area contributed by atoms with E-state index in [0.29, 0.717) is 0 Å². The maximum atomic E-state index is 6.33. The topological polar surface area (TPSA) is 38.0 Å². The third-order valence-corrected chi connectivity index (χ3v) is 9.71. The number of nitrogen functional groups attached to an aromatic ring is 1. The zero-order valence-electron chi connectivity index (χ0n) is 28.0. The first-order valence-electron chi connectivity index (χ1n) is 17.1. The average Bonchev–Trinajstić information content (AvgIpc) is 3.19. The molecule has 0 aromatic heterocycles. The Morgan fingerprint density at radius 2 is 0.765 bits per heavy atom. The van der Waals surface area contributed by atoms with Crippen LogP contribution in [0.3, 0.4) is 0 Å². The van der Waals surface area contributed by atoms with Gasteiger partial charge >= 0.3 is 0 Å². The van der Waals surface area contributed by atoms with Crippen LogP contribution in [0.5, 0.6) is 0 Å². The minimum Gasteiger partial charge on any atom is -0.398 e. The van der Waals surface area contributed by atoms with E-state index < -0.39 is 0 Å². The van der Waals surface area contributed by atoms with E-state index in [9.17, 15) is 0 Å². The van der Waals surface area contributed by atoms with Crippen LogP contribution in [0, 0.1) is 0 Å². The monoisotopic (exact) mass is 672 g/mol. The quantitative estimate of drug-likeness (QED) is 0.111. The SMILES string of the molecule is Nc1ccccc1-c1cccc(-c2cccc(-c3ccc(Nc4ccccc4)c(-c4cccc(-c5cccc(-c6ccccc6S)c5)c4)c3)c2)c1. The van der Waals surface area contributed by atoms with Crippen LogP contribution in [0.15, 0.2) is 199 Å². The van der Waals surface area contributed by atoms with Gasteiger partial charge in [0.25, 0.3) is 0 Å². The van der Waals surface area contributed by atoms with Gasteiger partial charge in [-0.2, -0.15) is 0 Å². The number of thiol groups is 1. The molecule has 8 rings (SSSR count). The first-order valence-corrected chi connectivity index (χ1v) is 17.5. The van der Waals surface area contributed by atoms with Gasteiger partial charge in [-0.05, 0) is 116 Å². The number of para-hydroxylation sites is 2. The molecule has 0 aliphatic carbocycles. The summed E-state index contributed by atoms with van der Waals surface area (Å²) in [7, 11) is 0. The number of rotatable bonds is 8. The Labute approximate surface area is 305 Å². The second-order valence-corrected chi connectivity index (χ2v) is 13.2. The fraction of sp³-hybridized carbons (Fsp3) is 0. The average molecular weight is 673 g/mol. The summed E-state index contributed by atoms with van der Waals surface area (Å²) >= 11 is 4.73. The molecular weight excluding hydrogens is 637 g/mol. The first-order chi connectivity index (χ1) is 25.1. The van der Waals surface area contributed by atoms with Gasteiger partial charge < -0.3 is 11.1 Å². The van der Waals surface area contributed by atoms with Crippen LogP contribution >= 0.6 is 12.6 Å². The van der Waals surface area contributed by atoms with E-state index >= 15 is 0 Å². The van der Waals surface area contributed by atoms with Crippen molar-refractivity contribution >= 4 is 29.7 Å². The molecule has 0 atom stereocenters. The fourth-order valence-corrected chi connectivity index (χ4v) is 6.99. The molecule has 0 fully saturated rings. The second-order valence-electron chi connectivity index (χ2n) is 12.7. The zero-order valence-corrected chi connectivity index (χ0v) is 28.9. The zero-order chi connectivity index (χ0) is 34.6. The third-order valence-electron chi connectivity index (χ3n) is 9.32. The maximum absolute atomic E-state index is 6.33. The summed E-state index contributed by atoms with van der Waals surface area (Å²) in [6.45, 7) is 0. The number of anilines is 3. The molecule has 3 heteroatoms. The van der Waals surface area contributed by atoms with Crippen LogP contribution in [-0.4, -0.2) is 0 Å². The summed E-state index contributed by atoms with van der Waals surface area (Å²) in [5, 5.41) is 3.69. The normalized spacial score (nSPS) is 10.9. The Kier molecular flexibility index (Phi) is 8.95. The van der Waals surface area contributed by atoms with E-state index in [0.717, 1.165) is 88.7 Å². The Morgan fingerprint density at radius 1 is 0.333 bits per heavy atom. The summed E-state index contributed by atoms with van der Waals surface area (Å²) < 4.78 is 0. The molecule has 3 N–H and O–H groups in total. The Morgan fingerprint density at radius 3 is 1.33 bits per heavy atom. The third kappa shape index (κ3) is 6.94.